The Morgan fingerprint density at radius 2 is 2.00 bits per heavy atom. The predicted octanol–water partition coefficient (Wildman–Crippen LogP) is 2.70. The van der Waals surface area contributed by atoms with Crippen molar-refractivity contribution in [2.75, 3.05) is 20.2 Å². The van der Waals surface area contributed by atoms with Crippen LogP contribution in [0.3, 0.4) is 0 Å². The smallest absolute Gasteiger partial charge is 0.191 e. The number of hydrogen-bond acceptors (Lipinski definition) is 2. The lowest BCUT2D eigenvalue weighted by Gasteiger charge is -2.55. The Kier molecular flexibility index (Phi) is 3.83. The van der Waals surface area contributed by atoms with Crippen LogP contribution in [0.2, 0.25) is 0 Å². The molecule has 2 aliphatic carbocycles. The number of guanidine groups is 1. The molecule has 3 unspecified atom stereocenters. The van der Waals surface area contributed by atoms with Gasteiger partial charge in [0, 0.05) is 43.0 Å². The van der Waals surface area contributed by atoms with Crippen molar-refractivity contribution in [2.24, 2.45) is 16.3 Å². The molecular weight excluding hydrogens is 298 g/mol. The first-order valence-electron chi connectivity index (χ1n) is 9.21. The summed E-state index contributed by atoms with van der Waals surface area (Å²) in [5.41, 5.74) is 1.92. The second-order valence-corrected chi connectivity index (χ2v) is 8.26. The Balaban J connectivity index is 1.38. The molecule has 2 saturated carbocycles. The Hall–Kier alpha value is -1.55. The summed E-state index contributed by atoms with van der Waals surface area (Å²) in [6.45, 7) is 6.46. The van der Waals surface area contributed by atoms with Gasteiger partial charge >= 0.3 is 0 Å². The van der Waals surface area contributed by atoms with Gasteiger partial charge in [0.15, 0.2) is 5.96 Å². The zero-order valence-corrected chi connectivity index (χ0v) is 15.0. The number of nitrogens with zero attached hydrogens (tertiary/aromatic N) is 1. The van der Waals surface area contributed by atoms with Crippen molar-refractivity contribution in [1.82, 2.24) is 10.6 Å². The van der Waals surface area contributed by atoms with Gasteiger partial charge in [0.25, 0.3) is 0 Å². The Bertz CT molecular complexity index is 621. The predicted molar refractivity (Wildman–Crippen MR) is 97.3 cm³/mol. The van der Waals surface area contributed by atoms with Crippen LogP contribution in [0.4, 0.5) is 0 Å². The standard InChI is InChI=1S/C20H29N3O/c1-19(2)16(15-9-12-24-17(15)19)23-18(21-3)22-13-20(10-11-20)14-7-5-4-6-8-14/h4-8,15-17H,9-13H2,1-3H3,(H2,21,22,23). The summed E-state index contributed by atoms with van der Waals surface area (Å²) in [4.78, 5) is 4.47. The van der Waals surface area contributed by atoms with Gasteiger partial charge < -0.3 is 15.4 Å². The SMILES string of the molecule is CN=C(NCC1(c2ccccc2)CC1)NC1C2CCOC2C1(C)C. The lowest BCUT2D eigenvalue weighted by molar-refractivity contribution is -0.106. The number of rotatable bonds is 4. The van der Waals surface area contributed by atoms with E-state index in [1.807, 2.05) is 7.05 Å². The van der Waals surface area contributed by atoms with Crippen molar-refractivity contribution in [1.29, 1.82) is 0 Å². The van der Waals surface area contributed by atoms with Crippen molar-refractivity contribution < 1.29 is 4.74 Å². The van der Waals surface area contributed by atoms with Gasteiger partial charge in [-0.05, 0) is 24.8 Å². The zero-order chi connectivity index (χ0) is 16.8. The molecule has 3 aliphatic rings. The van der Waals surface area contributed by atoms with Gasteiger partial charge in [0.2, 0.25) is 0 Å². The number of ether oxygens (including phenoxy) is 1. The van der Waals surface area contributed by atoms with E-state index < -0.39 is 0 Å². The summed E-state index contributed by atoms with van der Waals surface area (Å²) in [6.07, 6.45) is 4.09. The third kappa shape index (κ3) is 2.52. The molecule has 0 amide bonds. The average Bonchev–Trinajstić information content (AvgIpc) is 3.25. The Labute approximate surface area is 145 Å². The highest BCUT2D eigenvalue weighted by Crippen LogP contribution is 2.52. The highest BCUT2D eigenvalue weighted by molar-refractivity contribution is 5.80. The van der Waals surface area contributed by atoms with Crippen LogP contribution in [0.25, 0.3) is 0 Å². The third-order valence-corrected chi connectivity index (χ3v) is 6.45. The quantitative estimate of drug-likeness (QED) is 0.660. The molecule has 1 saturated heterocycles. The molecular formula is C20H29N3O. The first-order chi connectivity index (χ1) is 11.6. The second kappa shape index (κ2) is 5.76. The van der Waals surface area contributed by atoms with Crippen LogP contribution in [-0.2, 0) is 10.2 Å². The monoisotopic (exact) mass is 327 g/mol. The fraction of sp³-hybridized carbons (Fsp3) is 0.650. The maximum absolute atomic E-state index is 5.89. The van der Waals surface area contributed by atoms with Gasteiger partial charge in [-0.3, -0.25) is 4.99 Å². The zero-order valence-electron chi connectivity index (χ0n) is 15.0. The van der Waals surface area contributed by atoms with Crippen LogP contribution in [0.5, 0.6) is 0 Å². The van der Waals surface area contributed by atoms with E-state index in [-0.39, 0.29) is 5.41 Å². The van der Waals surface area contributed by atoms with Crippen molar-refractivity contribution >= 4 is 5.96 Å². The molecule has 1 heterocycles. The summed E-state index contributed by atoms with van der Waals surface area (Å²) in [5.74, 6) is 1.56. The van der Waals surface area contributed by atoms with E-state index in [2.05, 4.69) is 59.8 Å². The molecule has 0 radical (unpaired) electrons. The van der Waals surface area contributed by atoms with Gasteiger partial charge in [-0.2, -0.15) is 0 Å². The molecule has 1 aromatic rings. The first kappa shape index (κ1) is 15.9. The fourth-order valence-corrected chi connectivity index (χ4v) is 4.72. The van der Waals surface area contributed by atoms with Crippen LogP contribution in [0.1, 0.15) is 38.7 Å². The minimum atomic E-state index is 0.176. The lowest BCUT2D eigenvalue weighted by atomic mass is 9.57. The van der Waals surface area contributed by atoms with E-state index in [1.165, 1.54) is 18.4 Å². The Morgan fingerprint density at radius 1 is 1.25 bits per heavy atom. The van der Waals surface area contributed by atoms with Crippen molar-refractivity contribution in [3.8, 4) is 0 Å². The van der Waals surface area contributed by atoms with E-state index in [4.69, 9.17) is 4.74 Å². The van der Waals surface area contributed by atoms with E-state index >= 15 is 0 Å². The van der Waals surface area contributed by atoms with E-state index in [1.54, 1.807) is 0 Å². The Morgan fingerprint density at radius 3 is 2.67 bits per heavy atom. The highest BCUT2D eigenvalue weighted by Gasteiger charge is 2.59. The molecule has 2 N–H and O–H groups in total. The molecule has 4 heteroatoms. The van der Waals surface area contributed by atoms with Crippen molar-refractivity contribution in [3.05, 3.63) is 35.9 Å². The highest BCUT2D eigenvalue weighted by atomic mass is 16.5. The van der Waals surface area contributed by atoms with Crippen LogP contribution in [-0.4, -0.2) is 38.3 Å². The molecule has 0 spiro atoms. The van der Waals surface area contributed by atoms with E-state index in [0.717, 1.165) is 25.5 Å². The molecule has 4 nitrogen and oxygen atoms in total. The summed E-state index contributed by atoms with van der Waals surface area (Å²) in [6, 6.07) is 11.3. The second-order valence-electron chi connectivity index (χ2n) is 8.26. The summed E-state index contributed by atoms with van der Waals surface area (Å²) in [7, 11) is 1.87. The molecule has 4 rings (SSSR count). The van der Waals surface area contributed by atoms with Crippen LogP contribution < -0.4 is 10.6 Å². The topological polar surface area (TPSA) is 45.7 Å². The normalized spacial score (nSPS) is 32.6. The maximum atomic E-state index is 5.89. The molecule has 130 valence electrons. The number of fused-ring (bicyclic) bond motifs is 1. The summed E-state index contributed by atoms with van der Waals surface area (Å²) < 4.78 is 5.89. The van der Waals surface area contributed by atoms with Gasteiger partial charge in [-0.25, -0.2) is 0 Å². The average molecular weight is 327 g/mol. The summed E-state index contributed by atoms with van der Waals surface area (Å²) in [5, 5.41) is 7.26. The van der Waals surface area contributed by atoms with Gasteiger partial charge in [-0.15, -0.1) is 0 Å². The maximum Gasteiger partial charge on any atom is 0.191 e. The van der Waals surface area contributed by atoms with Crippen molar-refractivity contribution in [2.45, 2.75) is 50.7 Å². The fourth-order valence-electron chi connectivity index (χ4n) is 4.72. The lowest BCUT2D eigenvalue weighted by Crippen LogP contribution is -2.68. The van der Waals surface area contributed by atoms with Crippen LogP contribution in [0.15, 0.2) is 35.3 Å². The molecule has 0 aromatic heterocycles. The van der Waals surface area contributed by atoms with E-state index in [0.29, 0.717) is 23.5 Å². The number of benzene rings is 1. The van der Waals surface area contributed by atoms with E-state index in [9.17, 15) is 0 Å². The molecule has 3 fully saturated rings. The van der Waals surface area contributed by atoms with Crippen LogP contribution in [0, 0.1) is 11.3 Å². The first-order valence-corrected chi connectivity index (χ1v) is 9.21. The largest absolute Gasteiger partial charge is 0.377 e. The molecule has 24 heavy (non-hydrogen) atoms. The molecule has 3 atom stereocenters. The third-order valence-electron chi connectivity index (χ3n) is 6.45. The molecule has 1 aliphatic heterocycles. The van der Waals surface area contributed by atoms with Gasteiger partial charge in [-0.1, -0.05) is 44.2 Å². The summed E-state index contributed by atoms with van der Waals surface area (Å²) >= 11 is 0. The molecule has 0 bridgehead atoms. The minimum Gasteiger partial charge on any atom is -0.377 e. The number of hydrogen-bond donors (Lipinski definition) is 2. The van der Waals surface area contributed by atoms with Crippen molar-refractivity contribution in [3.63, 3.8) is 0 Å². The molecule has 1 aromatic carbocycles. The van der Waals surface area contributed by atoms with Gasteiger partial charge in [0.1, 0.15) is 0 Å². The number of aliphatic imine (C=N–C) groups is 1. The minimum absolute atomic E-state index is 0.176. The number of nitrogens with one attached hydrogen (secondary N) is 2. The van der Waals surface area contributed by atoms with Crippen LogP contribution >= 0.6 is 0 Å². The van der Waals surface area contributed by atoms with Gasteiger partial charge in [0.05, 0.1) is 6.10 Å².